The van der Waals surface area contributed by atoms with Gasteiger partial charge in [-0.25, -0.2) is 4.98 Å². The number of aromatic amines is 1. The van der Waals surface area contributed by atoms with Crippen LogP contribution in [0.3, 0.4) is 0 Å². The second-order valence-electron chi connectivity index (χ2n) is 8.05. The highest BCUT2D eigenvalue weighted by atomic mass is 32.2. The van der Waals surface area contributed by atoms with Crippen molar-refractivity contribution in [2.45, 2.75) is 25.0 Å². The second-order valence-corrected chi connectivity index (χ2v) is 9.72. The van der Waals surface area contributed by atoms with E-state index in [9.17, 15) is 26.7 Å². The molecule has 172 valence electrons. The number of aromatic nitrogens is 2. The van der Waals surface area contributed by atoms with Crippen LogP contribution >= 0.6 is 0 Å². The molecule has 0 saturated carbocycles. The third kappa shape index (κ3) is 4.57. The maximum Gasteiger partial charge on any atom is 0.516 e. The normalized spacial score (nSPS) is 12.8. The lowest BCUT2D eigenvalue weighted by Crippen LogP contribution is -2.29. The van der Waals surface area contributed by atoms with Crippen molar-refractivity contribution in [3.05, 3.63) is 72.3 Å². The summed E-state index contributed by atoms with van der Waals surface area (Å²) >= 11 is 0. The molecule has 0 unspecified atom stereocenters. The molecular weight excluding hydrogens is 455 g/mol. The number of H-pyrrole nitrogens is 1. The van der Waals surface area contributed by atoms with E-state index in [1.807, 2.05) is 42.5 Å². The van der Waals surface area contributed by atoms with Crippen LogP contribution in [0, 0.1) is 0 Å². The van der Waals surface area contributed by atoms with Gasteiger partial charge in [-0.05, 0) is 66.9 Å². The number of hydrogen-bond acceptors (Lipinski definition) is 4. The predicted octanol–water partition coefficient (Wildman–Crippen LogP) is 5.39. The molecule has 0 radical (unpaired) electrons. The summed E-state index contributed by atoms with van der Waals surface area (Å²) in [5, 5.41) is 10.5. The van der Waals surface area contributed by atoms with Crippen molar-refractivity contribution in [1.82, 2.24) is 9.97 Å². The Morgan fingerprint density at radius 3 is 2.21 bits per heavy atom. The van der Waals surface area contributed by atoms with Crippen LogP contribution in [-0.4, -0.2) is 29.0 Å². The fraction of sp³-hybridized carbons (Fsp3) is 0.174. The molecule has 0 aliphatic rings. The van der Waals surface area contributed by atoms with E-state index in [-0.39, 0.29) is 5.69 Å². The van der Waals surface area contributed by atoms with Crippen molar-refractivity contribution in [3.8, 4) is 22.5 Å². The average Bonchev–Trinajstić information content (AvgIpc) is 3.16. The Hall–Kier alpha value is -3.37. The second kappa shape index (κ2) is 7.89. The van der Waals surface area contributed by atoms with Gasteiger partial charge < -0.3 is 10.1 Å². The van der Waals surface area contributed by atoms with Crippen LogP contribution in [0.2, 0.25) is 0 Å². The minimum absolute atomic E-state index is 0.210. The quantitative estimate of drug-likeness (QED) is 0.361. The molecule has 0 bridgehead atoms. The van der Waals surface area contributed by atoms with Crippen LogP contribution in [0.1, 0.15) is 19.4 Å². The van der Waals surface area contributed by atoms with Crippen molar-refractivity contribution in [3.63, 3.8) is 0 Å². The molecule has 4 rings (SSSR count). The molecule has 33 heavy (non-hydrogen) atoms. The molecule has 3 N–H and O–H groups in total. The lowest BCUT2D eigenvalue weighted by molar-refractivity contribution is -0.0429. The van der Waals surface area contributed by atoms with Gasteiger partial charge in [0, 0.05) is 11.3 Å². The lowest BCUT2D eigenvalue weighted by atomic mass is 9.89. The summed E-state index contributed by atoms with van der Waals surface area (Å²) < 4.78 is 61.7. The SMILES string of the molecule is CC(C)(O)c1ccccc1-c1ccc2nc(-c3ccc(NS(=O)(=O)C(F)(F)F)cc3)[nH]c2c1. The van der Waals surface area contributed by atoms with Crippen LogP contribution in [0.15, 0.2) is 66.7 Å². The Morgan fingerprint density at radius 2 is 1.58 bits per heavy atom. The molecule has 0 amide bonds. The molecule has 3 aromatic carbocycles. The van der Waals surface area contributed by atoms with E-state index in [0.29, 0.717) is 16.9 Å². The molecule has 0 fully saturated rings. The predicted molar refractivity (Wildman–Crippen MR) is 121 cm³/mol. The van der Waals surface area contributed by atoms with Gasteiger partial charge in [0.1, 0.15) is 5.82 Å². The Morgan fingerprint density at radius 1 is 0.939 bits per heavy atom. The number of fused-ring (bicyclic) bond motifs is 1. The number of anilines is 1. The average molecular weight is 475 g/mol. The Balaban J connectivity index is 1.65. The smallest absolute Gasteiger partial charge is 0.386 e. The van der Waals surface area contributed by atoms with Crippen LogP contribution in [0.4, 0.5) is 18.9 Å². The number of alkyl halides is 3. The molecule has 0 aliphatic heterocycles. The van der Waals surface area contributed by atoms with Crippen LogP contribution in [0.25, 0.3) is 33.5 Å². The molecule has 1 heterocycles. The van der Waals surface area contributed by atoms with Gasteiger partial charge in [-0.2, -0.15) is 21.6 Å². The highest BCUT2D eigenvalue weighted by Crippen LogP contribution is 2.33. The largest absolute Gasteiger partial charge is 0.516 e. The topological polar surface area (TPSA) is 95.1 Å². The van der Waals surface area contributed by atoms with Crippen molar-refractivity contribution in [2.24, 2.45) is 0 Å². The molecule has 0 spiro atoms. The summed E-state index contributed by atoms with van der Waals surface area (Å²) in [5.74, 6) is 0.475. The number of halogens is 3. The molecule has 0 atom stereocenters. The van der Waals surface area contributed by atoms with Crippen LogP contribution < -0.4 is 4.72 Å². The van der Waals surface area contributed by atoms with E-state index >= 15 is 0 Å². The van der Waals surface area contributed by atoms with Gasteiger partial charge in [0.25, 0.3) is 0 Å². The van der Waals surface area contributed by atoms with Crippen molar-refractivity contribution >= 4 is 26.7 Å². The van der Waals surface area contributed by atoms with Crippen molar-refractivity contribution in [1.29, 1.82) is 0 Å². The Kier molecular flexibility index (Phi) is 5.45. The van der Waals surface area contributed by atoms with Gasteiger partial charge in [0.2, 0.25) is 0 Å². The summed E-state index contributed by atoms with van der Waals surface area (Å²) in [5.41, 5.74) is -2.12. The van der Waals surface area contributed by atoms with Gasteiger partial charge in [-0.3, -0.25) is 4.72 Å². The zero-order valence-electron chi connectivity index (χ0n) is 17.6. The van der Waals surface area contributed by atoms with Crippen LogP contribution in [-0.2, 0) is 15.6 Å². The molecule has 1 aromatic heterocycles. The first-order valence-electron chi connectivity index (χ1n) is 9.87. The fourth-order valence-corrected chi connectivity index (χ4v) is 4.05. The summed E-state index contributed by atoms with van der Waals surface area (Å²) in [6.07, 6.45) is 0. The number of sulfonamides is 1. The highest BCUT2D eigenvalue weighted by Gasteiger charge is 2.46. The van der Waals surface area contributed by atoms with Crippen LogP contribution in [0.5, 0.6) is 0 Å². The highest BCUT2D eigenvalue weighted by molar-refractivity contribution is 7.93. The maximum absolute atomic E-state index is 12.5. The molecule has 6 nitrogen and oxygen atoms in total. The molecule has 4 aromatic rings. The number of rotatable bonds is 5. The first-order valence-corrected chi connectivity index (χ1v) is 11.3. The monoisotopic (exact) mass is 475 g/mol. The van der Waals surface area contributed by atoms with E-state index in [4.69, 9.17) is 0 Å². The summed E-state index contributed by atoms with van der Waals surface area (Å²) in [6, 6.07) is 18.6. The Bertz CT molecular complexity index is 1420. The van der Waals surface area contributed by atoms with Crippen molar-refractivity contribution < 1.29 is 26.7 Å². The fourth-order valence-electron chi connectivity index (χ4n) is 3.49. The number of hydrogen-bond donors (Lipinski definition) is 3. The number of aliphatic hydroxyl groups is 1. The zero-order chi connectivity index (χ0) is 24.0. The molecular formula is C23H20F3N3O3S. The maximum atomic E-state index is 12.5. The first-order chi connectivity index (χ1) is 15.3. The number of imidazole rings is 1. The van der Waals surface area contributed by atoms with E-state index in [1.54, 1.807) is 13.8 Å². The number of nitrogens with one attached hydrogen (secondary N) is 2. The van der Waals surface area contributed by atoms with E-state index in [1.165, 1.54) is 29.0 Å². The Labute approximate surface area is 188 Å². The molecule has 0 saturated heterocycles. The third-order valence-electron chi connectivity index (χ3n) is 5.09. The molecule has 10 heteroatoms. The van der Waals surface area contributed by atoms with E-state index < -0.39 is 21.1 Å². The van der Waals surface area contributed by atoms with Gasteiger partial charge in [-0.15, -0.1) is 0 Å². The van der Waals surface area contributed by atoms with E-state index in [0.717, 1.165) is 22.2 Å². The summed E-state index contributed by atoms with van der Waals surface area (Å²) in [4.78, 5) is 7.69. The zero-order valence-corrected chi connectivity index (χ0v) is 18.4. The first kappa shape index (κ1) is 22.8. The lowest BCUT2D eigenvalue weighted by Gasteiger charge is -2.21. The summed E-state index contributed by atoms with van der Waals surface area (Å²) in [6.45, 7) is 3.44. The van der Waals surface area contributed by atoms with E-state index in [2.05, 4.69) is 9.97 Å². The minimum atomic E-state index is -5.49. The van der Waals surface area contributed by atoms with Gasteiger partial charge in [0.05, 0.1) is 16.6 Å². The standard InChI is InChI=1S/C23H20F3N3O3S/c1-22(2,30)18-6-4-3-5-17(18)15-9-12-19-20(13-15)28-21(27-19)14-7-10-16(11-8-14)29-33(31,32)23(24,25)26/h3-13,29-30H,1-2H3,(H,27,28). The number of benzene rings is 3. The minimum Gasteiger partial charge on any atom is -0.386 e. The van der Waals surface area contributed by atoms with Gasteiger partial charge in [-0.1, -0.05) is 30.3 Å². The number of nitrogens with zero attached hydrogens (tertiary/aromatic N) is 1. The molecule has 0 aliphatic carbocycles. The van der Waals surface area contributed by atoms with Gasteiger partial charge >= 0.3 is 15.5 Å². The van der Waals surface area contributed by atoms with Crippen molar-refractivity contribution in [2.75, 3.05) is 4.72 Å². The van der Waals surface area contributed by atoms with Gasteiger partial charge in [0.15, 0.2) is 0 Å². The summed E-state index contributed by atoms with van der Waals surface area (Å²) in [7, 11) is -5.49. The third-order valence-corrected chi connectivity index (χ3v) is 6.21.